The Hall–Kier alpha value is 1.28. The molecule has 7 heteroatoms. The second-order valence-corrected chi connectivity index (χ2v) is 12.1. The minimum absolute atomic E-state index is 0. The van der Waals surface area contributed by atoms with E-state index < -0.39 is 0 Å². The molecule has 0 saturated heterocycles. The summed E-state index contributed by atoms with van der Waals surface area (Å²) in [6.45, 7) is 18.1. The Bertz CT molecular complexity index is 652. The maximum atomic E-state index is 11.0. The second kappa shape index (κ2) is 17.2. The van der Waals surface area contributed by atoms with Crippen LogP contribution in [-0.2, 0) is 9.22 Å². The van der Waals surface area contributed by atoms with Crippen molar-refractivity contribution < 1.29 is 38.8 Å². The van der Waals surface area contributed by atoms with E-state index >= 15 is 0 Å². The van der Waals surface area contributed by atoms with E-state index in [9.17, 15) is 5.21 Å². The molecule has 0 aromatic heterocycles. The normalized spacial score (nSPS) is 37.2. The van der Waals surface area contributed by atoms with Gasteiger partial charge in [-0.2, -0.15) is 13.5 Å². The van der Waals surface area contributed by atoms with Gasteiger partial charge in [-0.3, -0.25) is 0 Å². The molecule has 0 amide bonds. The Morgan fingerprint density at radius 2 is 1.75 bits per heavy atom. The van der Waals surface area contributed by atoms with Crippen LogP contribution < -0.4 is 29.6 Å². The predicted molar refractivity (Wildman–Crippen MR) is 157 cm³/mol. The average molecular weight is 554 g/mol. The van der Waals surface area contributed by atoms with Crippen LogP contribution in [0, 0.1) is 45.6 Å². The van der Waals surface area contributed by atoms with Crippen molar-refractivity contribution in [1.29, 1.82) is 0 Å². The van der Waals surface area contributed by atoms with Crippen LogP contribution in [0.1, 0.15) is 120 Å². The number of nitrogens with zero attached hydrogens (tertiary/aromatic N) is 1. The molecule has 4 rings (SSSR count). The second-order valence-electron chi connectivity index (χ2n) is 11.3. The van der Waals surface area contributed by atoms with Crippen LogP contribution in [0.15, 0.2) is 11.6 Å². The molecule has 208 valence electrons. The fourth-order valence-electron chi connectivity index (χ4n) is 8.46. The Morgan fingerprint density at radius 1 is 1.08 bits per heavy atom. The van der Waals surface area contributed by atoms with Crippen LogP contribution in [0.5, 0.6) is 0 Å². The van der Waals surface area contributed by atoms with Crippen molar-refractivity contribution >= 4 is 25.7 Å². The van der Waals surface area contributed by atoms with Crippen molar-refractivity contribution in [3.63, 3.8) is 0 Å². The van der Waals surface area contributed by atoms with E-state index in [1.807, 2.05) is 27.7 Å². The van der Waals surface area contributed by atoms with E-state index in [0.29, 0.717) is 15.3 Å². The Kier molecular flexibility index (Phi) is 17.8. The number of fused-ring (bicyclic) bond motifs is 5. The fourth-order valence-corrected chi connectivity index (χ4v) is 8.69. The Balaban J connectivity index is 0.00000195. The zero-order chi connectivity index (χ0) is 25.5. The van der Waals surface area contributed by atoms with Gasteiger partial charge >= 0.3 is 29.6 Å². The number of hydroxylamine groups is 1. The van der Waals surface area contributed by atoms with Crippen LogP contribution in [0.3, 0.4) is 0 Å². The van der Waals surface area contributed by atoms with Gasteiger partial charge in [-0.05, 0) is 98.8 Å². The predicted octanol–water partition coefficient (Wildman–Crippen LogP) is 6.48. The van der Waals surface area contributed by atoms with Crippen LogP contribution in [0.2, 0.25) is 0 Å². The average Bonchev–Trinajstić information content (AvgIpc) is 3.19. The van der Waals surface area contributed by atoms with E-state index in [-0.39, 0.29) is 49.2 Å². The topological polar surface area (TPSA) is 44.8 Å². The molecule has 4 nitrogen and oxygen atoms in total. The van der Waals surface area contributed by atoms with Gasteiger partial charge in [0, 0.05) is 0 Å². The molecule has 4 aliphatic rings. The molecular formula is C29H56NNaO3S2. The zero-order valence-corrected chi connectivity index (χ0v) is 29.0. The van der Waals surface area contributed by atoms with Gasteiger partial charge in [0.25, 0.3) is 0 Å². The molecule has 3 saturated carbocycles. The van der Waals surface area contributed by atoms with Crippen molar-refractivity contribution in [2.24, 2.45) is 40.4 Å². The molecule has 7 unspecified atom stereocenters. The van der Waals surface area contributed by atoms with Crippen LogP contribution in [0.25, 0.3) is 0 Å². The molecule has 0 radical (unpaired) electrons. The number of hydrogen-bond acceptors (Lipinski definition) is 5. The third-order valence-electron chi connectivity index (χ3n) is 9.87. The van der Waals surface area contributed by atoms with E-state index in [1.54, 1.807) is 5.57 Å². The molecule has 36 heavy (non-hydrogen) atoms. The first-order valence-corrected chi connectivity index (χ1v) is 15.1. The van der Waals surface area contributed by atoms with Gasteiger partial charge < -0.3 is 9.68 Å². The summed E-state index contributed by atoms with van der Waals surface area (Å²) in [5, 5.41) is 11.0. The van der Waals surface area contributed by atoms with E-state index in [4.69, 9.17) is 9.22 Å². The Labute approximate surface area is 257 Å². The van der Waals surface area contributed by atoms with Gasteiger partial charge in [-0.1, -0.05) is 79.9 Å². The first kappa shape index (κ1) is 37.3. The van der Waals surface area contributed by atoms with Gasteiger partial charge in [-0.15, -0.1) is 4.33 Å². The molecule has 8 atom stereocenters. The van der Waals surface area contributed by atoms with Crippen molar-refractivity contribution in [2.45, 2.75) is 126 Å². The van der Waals surface area contributed by atoms with Crippen LogP contribution in [0.4, 0.5) is 0 Å². The summed E-state index contributed by atoms with van der Waals surface area (Å²) < 4.78 is 5.75. The van der Waals surface area contributed by atoms with Gasteiger partial charge in [0.05, 0.1) is 6.10 Å². The quantitative estimate of drug-likeness (QED) is 0.0902. The van der Waals surface area contributed by atoms with Crippen LogP contribution >= 0.6 is 25.7 Å². The summed E-state index contributed by atoms with van der Waals surface area (Å²) in [7, 11) is 1.42. The van der Waals surface area contributed by atoms with Gasteiger partial charge in [-0.25, -0.2) is 4.89 Å². The van der Waals surface area contributed by atoms with Gasteiger partial charge in [0.1, 0.15) is 12.2 Å². The molecule has 0 heterocycles. The van der Waals surface area contributed by atoms with E-state index in [1.165, 1.54) is 58.4 Å². The molecule has 0 aromatic carbocycles. The van der Waals surface area contributed by atoms with Crippen molar-refractivity contribution in [2.75, 3.05) is 7.05 Å². The van der Waals surface area contributed by atoms with Crippen molar-refractivity contribution in [3.8, 4) is 0 Å². The summed E-state index contributed by atoms with van der Waals surface area (Å²) in [5.41, 5.74) is 2.49. The third kappa shape index (κ3) is 7.94. The molecule has 0 aliphatic heterocycles. The largest absolute Gasteiger partial charge is 1.00 e. The van der Waals surface area contributed by atoms with E-state index in [0.717, 1.165) is 54.7 Å². The van der Waals surface area contributed by atoms with Crippen LogP contribution in [-0.4, -0.2) is 17.6 Å². The fraction of sp³-hybridized carbons (Fsp3) is 0.931. The number of hydrogen-bond donors (Lipinski definition) is 0. The summed E-state index contributed by atoms with van der Waals surface area (Å²) in [6, 6.07) is 0. The number of allylic oxidation sites excluding steroid dienone is 1. The first-order valence-electron chi connectivity index (χ1n) is 14.4. The Morgan fingerprint density at radius 3 is 2.36 bits per heavy atom. The third-order valence-corrected chi connectivity index (χ3v) is 10.2. The molecule has 4 aliphatic carbocycles. The first-order chi connectivity index (χ1) is 16.3. The number of rotatable bonds is 7. The molecule has 0 aromatic rings. The summed E-state index contributed by atoms with van der Waals surface area (Å²) in [5.74, 6) is 4.43. The molecule has 0 bridgehead atoms. The van der Waals surface area contributed by atoms with E-state index in [2.05, 4.69) is 33.8 Å². The molecule has 0 spiro atoms. The molecule has 3 fully saturated rings. The van der Waals surface area contributed by atoms with Crippen molar-refractivity contribution in [1.82, 2.24) is 4.47 Å². The smallest absolute Gasteiger partial charge is 0.774 e. The monoisotopic (exact) mass is 553 g/mol. The van der Waals surface area contributed by atoms with Gasteiger partial charge in [0.15, 0.2) is 0 Å². The minimum atomic E-state index is 0. The minimum Gasteiger partial charge on any atom is -0.774 e. The maximum Gasteiger partial charge on any atom is 1.00 e. The zero-order valence-electron chi connectivity index (χ0n) is 25.2. The maximum absolute atomic E-state index is 11.0. The summed E-state index contributed by atoms with van der Waals surface area (Å²) in [6.07, 6.45) is 15.5. The van der Waals surface area contributed by atoms with Gasteiger partial charge in [0.2, 0.25) is 0 Å². The SMILES string of the molecule is CC.CC.CCC[C@@H](C)C1CCC2C3CC=C4CC(OOSN(C)[O-])CCC4(C)C3CCC21C.S.[Na+]. The standard InChI is InChI=1S/C25H42NO3S.2C2H6.Na.H2S/c1-6-7-17(2)21-10-11-22-20-9-8-18-16-19(28-29-30-26(5)27)12-14-24(18,3)23(20)13-15-25(21,22)4;2*1-2;;/h8,17,19-23H,6-7,9-16H2,1-5H3;2*1-2H3;;1H2/q-1;;;+1;/t17-,19?,20?,21?,22?,23?,24?,25?;;;;/m1..../s1. The van der Waals surface area contributed by atoms with Crippen molar-refractivity contribution in [3.05, 3.63) is 16.9 Å². The summed E-state index contributed by atoms with van der Waals surface area (Å²) in [4.78, 5) is 5.55. The summed E-state index contributed by atoms with van der Waals surface area (Å²) >= 11 is 0.723. The molecule has 0 N–H and O–H groups in total. The molecular weight excluding hydrogens is 497 g/mol.